The molecule has 1 N–H and O–H groups in total. The lowest BCUT2D eigenvalue weighted by Gasteiger charge is -2.19. The fourth-order valence-electron chi connectivity index (χ4n) is 2.28. The normalized spacial score (nSPS) is 10.3. The highest BCUT2D eigenvalue weighted by atomic mass is 16.5. The van der Waals surface area contributed by atoms with E-state index in [-0.39, 0.29) is 5.91 Å². The van der Waals surface area contributed by atoms with Crippen molar-refractivity contribution in [3.8, 4) is 5.75 Å². The zero-order valence-electron chi connectivity index (χ0n) is 14.2. The van der Waals surface area contributed by atoms with Crippen molar-refractivity contribution in [3.05, 3.63) is 24.3 Å². The summed E-state index contributed by atoms with van der Waals surface area (Å²) in [6, 6.07) is 7.82. The molecule has 1 rings (SSSR count). The SMILES string of the molecule is CCCCCCOc1cccc(NCC(=O)N(CC)CC)c1. The van der Waals surface area contributed by atoms with Crippen molar-refractivity contribution in [1.29, 1.82) is 0 Å². The summed E-state index contributed by atoms with van der Waals surface area (Å²) in [7, 11) is 0. The largest absolute Gasteiger partial charge is 0.494 e. The maximum Gasteiger partial charge on any atom is 0.241 e. The summed E-state index contributed by atoms with van der Waals surface area (Å²) in [5.74, 6) is 0.979. The number of carbonyl (C=O) groups is 1. The molecule has 0 aliphatic carbocycles. The maximum atomic E-state index is 12.0. The van der Waals surface area contributed by atoms with E-state index < -0.39 is 0 Å². The lowest BCUT2D eigenvalue weighted by atomic mass is 10.2. The number of rotatable bonds is 11. The van der Waals surface area contributed by atoms with E-state index in [1.165, 1.54) is 19.3 Å². The highest BCUT2D eigenvalue weighted by Gasteiger charge is 2.08. The average Bonchev–Trinajstić information content (AvgIpc) is 2.54. The number of ether oxygens (including phenoxy) is 1. The minimum absolute atomic E-state index is 0.121. The van der Waals surface area contributed by atoms with Crippen LogP contribution in [0.1, 0.15) is 46.5 Å². The molecule has 4 heteroatoms. The topological polar surface area (TPSA) is 41.6 Å². The third kappa shape index (κ3) is 6.83. The third-order valence-corrected chi connectivity index (χ3v) is 3.66. The molecule has 0 aliphatic heterocycles. The Hall–Kier alpha value is -1.71. The Morgan fingerprint density at radius 1 is 1.14 bits per heavy atom. The fourth-order valence-corrected chi connectivity index (χ4v) is 2.28. The van der Waals surface area contributed by atoms with Gasteiger partial charge in [0.15, 0.2) is 0 Å². The molecule has 0 heterocycles. The second-order valence-corrected chi connectivity index (χ2v) is 5.36. The molecule has 0 spiro atoms. The van der Waals surface area contributed by atoms with Gasteiger partial charge in [-0.25, -0.2) is 0 Å². The van der Waals surface area contributed by atoms with Crippen molar-refractivity contribution in [2.75, 3.05) is 31.6 Å². The molecule has 0 radical (unpaired) electrons. The Morgan fingerprint density at radius 3 is 2.59 bits per heavy atom. The van der Waals surface area contributed by atoms with E-state index in [1.54, 1.807) is 0 Å². The number of carbonyl (C=O) groups excluding carboxylic acids is 1. The molecule has 1 amide bonds. The van der Waals surface area contributed by atoms with Crippen LogP contribution in [0, 0.1) is 0 Å². The maximum absolute atomic E-state index is 12.0. The summed E-state index contributed by atoms with van der Waals surface area (Å²) >= 11 is 0. The number of anilines is 1. The number of likely N-dealkylation sites (N-methyl/N-ethyl adjacent to an activating group) is 1. The fraction of sp³-hybridized carbons (Fsp3) is 0.611. The molecule has 0 atom stereocenters. The summed E-state index contributed by atoms with van der Waals surface area (Å²) in [6.45, 7) is 8.76. The second-order valence-electron chi connectivity index (χ2n) is 5.36. The Bertz CT molecular complexity index is 431. The monoisotopic (exact) mass is 306 g/mol. The standard InChI is InChI=1S/C18H30N2O2/c1-4-7-8-9-13-22-17-12-10-11-16(14-17)19-15-18(21)20(5-2)6-3/h10-12,14,19H,4-9,13,15H2,1-3H3. The number of hydrogen-bond acceptors (Lipinski definition) is 3. The van der Waals surface area contributed by atoms with Crippen LogP contribution >= 0.6 is 0 Å². The van der Waals surface area contributed by atoms with Crippen molar-refractivity contribution in [2.45, 2.75) is 46.5 Å². The minimum atomic E-state index is 0.121. The molecule has 0 unspecified atom stereocenters. The van der Waals surface area contributed by atoms with Crippen molar-refractivity contribution in [1.82, 2.24) is 4.90 Å². The first-order valence-corrected chi connectivity index (χ1v) is 8.45. The predicted molar refractivity (Wildman–Crippen MR) is 92.5 cm³/mol. The Morgan fingerprint density at radius 2 is 1.91 bits per heavy atom. The molecule has 0 saturated heterocycles. The van der Waals surface area contributed by atoms with Gasteiger partial charge in [-0.15, -0.1) is 0 Å². The van der Waals surface area contributed by atoms with E-state index in [0.717, 1.165) is 37.6 Å². The average molecular weight is 306 g/mol. The molecule has 0 aromatic heterocycles. The van der Waals surface area contributed by atoms with Gasteiger partial charge in [0, 0.05) is 24.8 Å². The molecule has 0 fully saturated rings. The predicted octanol–water partition coefficient (Wildman–Crippen LogP) is 3.93. The summed E-state index contributed by atoms with van der Waals surface area (Å²) in [5, 5.41) is 3.17. The van der Waals surface area contributed by atoms with Crippen LogP contribution in [0.15, 0.2) is 24.3 Å². The van der Waals surface area contributed by atoms with Gasteiger partial charge < -0.3 is 15.0 Å². The van der Waals surface area contributed by atoms with Gasteiger partial charge in [0.05, 0.1) is 13.2 Å². The molecule has 1 aromatic carbocycles. The number of benzene rings is 1. The van der Waals surface area contributed by atoms with Crippen LogP contribution in [0.25, 0.3) is 0 Å². The van der Waals surface area contributed by atoms with Crippen LogP contribution in [0.2, 0.25) is 0 Å². The number of hydrogen-bond donors (Lipinski definition) is 1. The summed E-state index contributed by atoms with van der Waals surface area (Å²) in [6.07, 6.45) is 4.80. The van der Waals surface area contributed by atoms with Gasteiger partial charge in [-0.05, 0) is 32.4 Å². The van der Waals surface area contributed by atoms with Crippen LogP contribution in [-0.4, -0.2) is 37.0 Å². The van der Waals surface area contributed by atoms with Crippen molar-refractivity contribution in [2.24, 2.45) is 0 Å². The number of nitrogens with zero attached hydrogens (tertiary/aromatic N) is 1. The van der Waals surface area contributed by atoms with Crippen LogP contribution in [0.3, 0.4) is 0 Å². The van der Waals surface area contributed by atoms with Gasteiger partial charge in [-0.3, -0.25) is 4.79 Å². The molecule has 4 nitrogen and oxygen atoms in total. The first-order chi connectivity index (χ1) is 10.7. The Balaban J connectivity index is 2.38. The van der Waals surface area contributed by atoms with Gasteiger partial charge >= 0.3 is 0 Å². The summed E-state index contributed by atoms with van der Waals surface area (Å²) in [4.78, 5) is 13.8. The second kappa shape index (κ2) is 10.9. The van der Waals surface area contributed by atoms with E-state index in [0.29, 0.717) is 6.54 Å². The zero-order chi connectivity index (χ0) is 16.2. The van der Waals surface area contributed by atoms with E-state index in [1.807, 2.05) is 43.0 Å². The van der Waals surface area contributed by atoms with Crippen LogP contribution in [0.5, 0.6) is 5.75 Å². The number of unbranched alkanes of at least 4 members (excludes halogenated alkanes) is 3. The van der Waals surface area contributed by atoms with Gasteiger partial charge in [0.2, 0.25) is 5.91 Å². The lowest BCUT2D eigenvalue weighted by molar-refractivity contribution is -0.128. The van der Waals surface area contributed by atoms with E-state index in [9.17, 15) is 4.79 Å². The minimum Gasteiger partial charge on any atom is -0.494 e. The molecule has 124 valence electrons. The Labute approximate surface area is 134 Å². The van der Waals surface area contributed by atoms with E-state index in [2.05, 4.69) is 12.2 Å². The molecular formula is C18H30N2O2. The molecular weight excluding hydrogens is 276 g/mol. The summed E-state index contributed by atoms with van der Waals surface area (Å²) in [5.41, 5.74) is 0.923. The van der Waals surface area contributed by atoms with Gasteiger partial charge in [0.25, 0.3) is 0 Å². The van der Waals surface area contributed by atoms with Gasteiger partial charge in [-0.2, -0.15) is 0 Å². The number of nitrogens with one attached hydrogen (secondary N) is 1. The first kappa shape index (κ1) is 18.3. The molecule has 0 bridgehead atoms. The molecule has 1 aromatic rings. The number of amides is 1. The van der Waals surface area contributed by atoms with E-state index >= 15 is 0 Å². The highest BCUT2D eigenvalue weighted by Crippen LogP contribution is 2.17. The van der Waals surface area contributed by atoms with Gasteiger partial charge in [-0.1, -0.05) is 32.3 Å². The van der Waals surface area contributed by atoms with Crippen molar-refractivity contribution in [3.63, 3.8) is 0 Å². The smallest absolute Gasteiger partial charge is 0.241 e. The van der Waals surface area contributed by atoms with Crippen molar-refractivity contribution >= 4 is 11.6 Å². The zero-order valence-corrected chi connectivity index (χ0v) is 14.2. The highest BCUT2D eigenvalue weighted by molar-refractivity contribution is 5.80. The summed E-state index contributed by atoms with van der Waals surface area (Å²) < 4.78 is 5.75. The first-order valence-electron chi connectivity index (χ1n) is 8.45. The van der Waals surface area contributed by atoms with E-state index in [4.69, 9.17) is 4.74 Å². The van der Waals surface area contributed by atoms with Crippen LogP contribution in [0.4, 0.5) is 5.69 Å². The van der Waals surface area contributed by atoms with Crippen LogP contribution in [-0.2, 0) is 4.79 Å². The van der Waals surface area contributed by atoms with Crippen LogP contribution < -0.4 is 10.1 Å². The van der Waals surface area contributed by atoms with Crippen molar-refractivity contribution < 1.29 is 9.53 Å². The molecule has 22 heavy (non-hydrogen) atoms. The third-order valence-electron chi connectivity index (χ3n) is 3.66. The molecule has 0 aliphatic rings. The molecule has 0 saturated carbocycles. The lowest BCUT2D eigenvalue weighted by Crippen LogP contribution is -2.35. The quantitative estimate of drug-likeness (QED) is 0.630. The Kier molecular flexibility index (Phi) is 9.12. The van der Waals surface area contributed by atoms with Gasteiger partial charge in [0.1, 0.15) is 5.75 Å².